The molecule has 0 aliphatic heterocycles. The van der Waals surface area contributed by atoms with Crippen LogP contribution in [0.2, 0.25) is 0 Å². The third-order valence-corrected chi connectivity index (χ3v) is 4.40. The highest BCUT2D eigenvalue weighted by atomic mass is 16.5. The van der Waals surface area contributed by atoms with Crippen LogP contribution in [0.15, 0.2) is 24.3 Å². The molecule has 0 bridgehead atoms. The maximum atomic E-state index is 12.3. The van der Waals surface area contributed by atoms with Crippen LogP contribution in [-0.4, -0.2) is 29.3 Å². The van der Waals surface area contributed by atoms with Gasteiger partial charge in [0, 0.05) is 23.2 Å². The predicted octanol–water partition coefficient (Wildman–Crippen LogP) is 2.89. The van der Waals surface area contributed by atoms with Gasteiger partial charge in [0.15, 0.2) is 0 Å². The molecule has 0 fully saturated rings. The first kappa shape index (κ1) is 17.1. The van der Waals surface area contributed by atoms with E-state index >= 15 is 0 Å². The number of aromatic amines is 1. The van der Waals surface area contributed by atoms with Gasteiger partial charge >= 0.3 is 0 Å². The van der Waals surface area contributed by atoms with Crippen LogP contribution >= 0.6 is 0 Å². The van der Waals surface area contributed by atoms with E-state index in [0.717, 1.165) is 22.7 Å². The van der Waals surface area contributed by atoms with E-state index in [9.17, 15) is 4.79 Å². The number of hydrogen-bond acceptors (Lipinski definition) is 3. The smallest absolute Gasteiger partial charge is 0.224 e. The van der Waals surface area contributed by atoms with E-state index in [-0.39, 0.29) is 17.9 Å². The number of methoxy groups -OCH3 is 1. The Kier molecular flexibility index (Phi) is 5.42. The molecule has 1 heterocycles. The Labute approximate surface area is 137 Å². The molecule has 1 aromatic heterocycles. The van der Waals surface area contributed by atoms with E-state index in [4.69, 9.17) is 4.74 Å². The molecule has 23 heavy (non-hydrogen) atoms. The summed E-state index contributed by atoms with van der Waals surface area (Å²) in [6.45, 7) is 7.99. The summed E-state index contributed by atoms with van der Waals surface area (Å²) in [4.78, 5) is 12.3. The standard InChI is InChI=1S/C18H25N3O2/c1-11(15-6-8-16(23-5)9-7-15)12(2)19-18(22)10-17-13(3)20-21-14(17)4/h6-9,11-12H,10H2,1-5H3,(H,19,22)(H,20,21). The molecule has 2 unspecified atom stereocenters. The largest absolute Gasteiger partial charge is 0.497 e. The average Bonchev–Trinajstić information content (AvgIpc) is 2.86. The maximum absolute atomic E-state index is 12.3. The van der Waals surface area contributed by atoms with Crippen molar-refractivity contribution in [2.75, 3.05) is 7.11 Å². The van der Waals surface area contributed by atoms with Gasteiger partial charge in [-0.2, -0.15) is 5.10 Å². The van der Waals surface area contributed by atoms with Crippen molar-refractivity contribution in [2.24, 2.45) is 0 Å². The average molecular weight is 315 g/mol. The molecule has 5 nitrogen and oxygen atoms in total. The molecule has 0 saturated heterocycles. The minimum Gasteiger partial charge on any atom is -0.497 e. The number of amides is 1. The highest BCUT2D eigenvalue weighted by Crippen LogP contribution is 2.22. The quantitative estimate of drug-likeness (QED) is 0.861. The monoisotopic (exact) mass is 315 g/mol. The molecule has 0 saturated carbocycles. The van der Waals surface area contributed by atoms with E-state index in [2.05, 4.69) is 22.4 Å². The summed E-state index contributed by atoms with van der Waals surface area (Å²) in [6.07, 6.45) is 0.355. The Bertz CT molecular complexity index is 642. The number of ether oxygens (including phenoxy) is 1. The Morgan fingerprint density at radius 2 is 1.91 bits per heavy atom. The van der Waals surface area contributed by atoms with Gasteiger partial charge in [-0.3, -0.25) is 9.89 Å². The van der Waals surface area contributed by atoms with Crippen LogP contribution in [0, 0.1) is 13.8 Å². The number of nitrogens with zero attached hydrogens (tertiary/aromatic N) is 1. The second kappa shape index (κ2) is 7.31. The van der Waals surface area contributed by atoms with Crippen molar-refractivity contribution in [3.05, 3.63) is 46.8 Å². The molecular formula is C18H25N3O2. The summed E-state index contributed by atoms with van der Waals surface area (Å²) >= 11 is 0. The summed E-state index contributed by atoms with van der Waals surface area (Å²) < 4.78 is 5.18. The molecule has 2 N–H and O–H groups in total. The normalized spacial score (nSPS) is 13.4. The Hall–Kier alpha value is -2.30. The second-order valence-corrected chi connectivity index (χ2v) is 6.01. The van der Waals surface area contributed by atoms with Crippen molar-refractivity contribution in [1.82, 2.24) is 15.5 Å². The molecule has 2 rings (SSSR count). The van der Waals surface area contributed by atoms with Crippen molar-refractivity contribution in [2.45, 2.75) is 46.1 Å². The number of H-pyrrole nitrogens is 1. The van der Waals surface area contributed by atoms with Crippen molar-refractivity contribution in [3.63, 3.8) is 0 Å². The molecule has 1 amide bonds. The molecule has 0 spiro atoms. The second-order valence-electron chi connectivity index (χ2n) is 6.01. The fourth-order valence-electron chi connectivity index (χ4n) is 2.62. The Balaban J connectivity index is 1.97. The molecule has 2 aromatic rings. The van der Waals surface area contributed by atoms with E-state index in [1.165, 1.54) is 5.56 Å². The first-order valence-corrected chi connectivity index (χ1v) is 7.86. The van der Waals surface area contributed by atoms with Crippen molar-refractivity contribution in [3.8, 4) is 5.75 Å². The Morgan fingerprint density at radius 1 is 1.26 bits per heavy atom. The third-order valence-electron chi connectivity index (χ3n) is 4.40. The summed E-state index contributed by atoms with van der Waals surface area (Å²) in [7, 11) is 1.65. The number of aryl methyl sites for hydroxylation is 2. The summed E-state index contributed by atoms with van der Waals surface area (Å²) in [5, 5.41) is 10.1. The SMILES string of the molecule is COc1ccc(C(C)C(C)NC(=O)Cc2c(C)n[nH]c2C)cc1. The molecule has 2 atom stereocenters. The van der Waals surface area contributed by atoms with Gasteiger partial charge in [-0.1, -0.05) is 19.1 Å². The van der Waals surface area contributed by atoms with E-state index in [1.807, 2.05) is 45.0 Å². The predicted molar refractivity (Wildman–Crippen MR) is 90.8 cm³/mol. The third kappa shape index (κ3) is 4.12. The lowest BCUT2D eigenvalue weighted by molar-refractivity contribution is -0.121. The van der Waals surface area contributed by atoms with Gasteiger partial charge in [0.05, 0.1) is 19.2 Å². The van der Waals surface area contributed by atoms with Crippen molar-refractivity contribution in [1.29, 1.82) is 0 Å². The van der Waals surface area contributed by atoms with E-state index < -0.39 is 0 Å². The minimum atomic E-state index is 0.0189. The topological polar surface area (TPSA) is 67.0 Å². The van der Waals surface area contributed by atoms with Gasteiger partial charge in [0.25, 0.3) is 0 Å². The first-order valence-electron chi connectivity index (χ1n) is 7.86. The van der Waals surface area contributed by atoms with Crippen LogP contribution < -0.4 is 10.1 Å². The molecular weight excluding hydrogens is 290 g/mol. The molecule has 5 heteroatoms. The lowest BCUT2D eigenvalue weighted by atomic mass is 9.94. The number of carbonyl (C=O) groups excluding carboxylic acids is 1. The Morgan fingerprint density at radius 3 is 2.43 bits per heavy atom. The number of carbonyl (C=O) groups is 1. The number of hydrogen-bond donors (Lipinski definition) is 2. The van der Waals surface area contributed by atoms with Crippen molar-refractivity contribution >= 4 is 5.91 Å². The van der Waals surface area contributed by atoms with Crippen LogP contribution in [0.4, 0.5) is 0 Å². The number of rotatable bonds is 6. The zero-order valence-electron chi connectivity index (χ0n) is 14.4. The van der Waals surface area contributed by atoms with Gasteiger partial charge in [-0.25, -0.2) is 0 Å². The molecule has 1 aromatic carbocycles. The summed E-state index contributed by atoms with van der Waals surface area (Å²) in [5.41, 5.74) is 3.99. The van der Waals surface area contributed by atoms with Crippen LogP contribution in [0.5, 0.6) is 5.75 Å². The van der Waals surface area contributed by atoms with Gasteiger partial charge < -0.3 is 10.1 Å². The van der Waals surface area contributed by atoms with E-state index in [0.29, 0.717) is 6.42 Å². The van der Waals surface area contributed by atoms with Crippen LogP contribution in [0.25, 0.3) is 0 Å². The minimum absolute atomic E-state index is 0.0189. The molecule has 0 aliphatic rings. The highest BCUT2D eigenvalue weighted by molar-refractivity contribution is 5.79. The van der Waals surface area contributed by atoms with Gasteiger partial charge in [-0.15, -0.1) is 0 Å². The van der Waals surface area contributed by atoms with Gasteiger partial charge in [0.1, 0.15) is 5.75 Å². The lowest BCUT2D eigenvalue weighted by Gasteiger charge is -2.22. The number of aromatic nitrogens is 2. The van der Waals surface area contributed by atoms with E-state index in [1.54, 1.807) is 7.11 Å². The van der Waals surface area contributed by atoms with Gasteiger partial charge in [0.2, 0.25) is 5.91 Å². The zero-order chi connectivity index (χ0) is 17.0. The fourth-order valence-corrected chi connectivity index (χ4v) is 2.62. The maximum Gasteiger partial charge on any atom is 0.224 e. The first-order chi connectivity index (χ1) is 10.9. The number of benzene rings is 1. The highest BCUT2D eigenvalue weighted by Gasteiger charge is 2.18. The fraction of sp³-hybridized carbons (Fsp3) is 0.444. The van der Waals surface area contributed by atoms with Crippen molar-refractivity contribution < 1.29 is 9.53 Å². The molecule has 0 radical (unpaired) electrons. The van der Waals surface area contributed by atoms with Crippen LogP contribution in [0.3, 0.4) is 0 Å². The molecule has 124 valence electrons. The molecule has 0 aliphatic carbocycles. The zero-order valence-corrected chi connectivity index (χ0v) is 14.4. The van der Waals surface area contributed by atoms with Crippen LogP contribution in [-0.2, 0) is 11.2 Å². The van der Waals surface area contributed by atoms with Gasteiger partial charge in [-0.05, 0) is 38.5 Å². The summed E-state index contributed by atoms with van der Waals surface area (Å²) in [5.74, 6) is 1.07. The number of nitrogens with one attached hydrogen (secondary N) is 2. The lowest BCUT2D eigenvalue weighted by Crippen LogP contribution is -2.37. The summed E-state index contributed by atoms with van der Waals surface area (Å²) in [6, 6.07) is 8.01. The van der Waals surface area contributed by atoms with Crippen LogP contribution in [0.1, 0.15) is 42.3 Å².